The minimum atomic E-state index is -0.164. The van der Waals surface area contributed by atoms with Crippen LogP contribution in [0.3, 0.4) is 0 Å². The summed E-state index contributed by atoms with van der Waals surface area (Å²) in [6.45, 7) is 1.35. The Morgan fingerprint density at radius 2 is 2.40 bits per heavy atom. The maximum absolute atomic E-state index is 12.2. The number of imidazole rings is 1. The molecule has 0 aromatic carbocycles. The van der Waals surface area contributed by atoms with E-state index in [4.69, 9.17) is 4.74 Å². The van der Waals surface area contributed by atoms with Gasteiger partial charge in [0.15, 0.2) is 0 Å². The molecule has 3 heterocycles. The quantitative estimate of drug-likeness (QED) is 0.911. The lowest BCUT2D eigenvalue weighted by Crippen LogP contribution is -2.40. The molecule has 20 heavy (non-hydrogen) atoms. The van der Waals surface area contributed by atoms with Crippen LogP contribution >= 0.6 is 0 Å². The average Bonchev–Trinajstić information content (AvgIpc) is 3.03. The van der Waals surface area contributed by atoms with Gasteiger partial charge in [0.05, 0.1) is 12.6 Å². The number of carbonyl (C=O) groups excluding carboxylic acids is 1. The third-order valence-electron chi connectivity index (χ3n) is 3.23. The molecule has 1 aliphatic rings. The van der Waals surface area contributed by atoms with Crippen LogP contribution in [0, 0.1) is 0 Å². The van der Waals surface area contributed by atoms with E-state index < -0.39 is 0 Å². The van der Waals surface area contributed by atoms with Gasteiger partial charge in [-0.2, -0.15) is 0 Å². The molecule has 1 aliphatic heterocycles. The number of hydrogen-bond donors (Lipinski definition) is 1. The highest BCUT2D eigenvalue weighted by molar-refractivity contribution is 5.92. The first kappa shape index (κ1) is 12.8. The molecule has 1 amide bonds. The van der Waals surface area contributed by atoms with Crippen LogP contribution in [0.1, 0.15) is 23.3 Å². The van der Waals surface area contributed by atoms with E-state index in [0.717, 1.165) is 19.4 Å². The van der Waals surface area contributed by atoms with Crippen molar-refractivity contribution in [3.63, 3.8) is 0 Å². The van der Waals surface area contributed by atoms with E-state index in [2.05, 4.69) is 15.3 Å². The monoisotopic (exact) mass is 272 g/mol. The van der Waals surface area contributed by atoms with E-state index in [9.17, 15) is 4.79 Å². The number of rotatable bonds is 3. The molecule has 0 saturated carbocycles. The van der Waals surface area contributed by atoms with Crippen LogP contribution in [0.5, 0.6) is 0 Å². The van der Waals surface area contributed by atoms with Crippen LogP contribution in [0.4, 0.5) is 0 Å². The van der Waals surface area contributed by atoms with Gasteiger partial charge in [0, 0.05) is 19.0 Å². The molecule has 6 heteroatoms. The second-order valence-electron chi connectivity index (χ2n) is 4.74. The van der Waals surface area contributed by atoms with Gasteiger partial charge < -0.3 is 10.1 Å². The molecular weight excluding hydrogens is 256 g/mol. The summed E-state index contributed by atoms with van der Waals surface area (Å²) in [6.07, 6.45) is 7.05. The molecule has 2 aromatic heterocycles. The molecule has 104 valence electrons. The number of ether oxygens (including phenoxy) is 1. The summed E-state index contributed by atoms with van der Waals surface area (Å²) in [6, 6.07) is 5.44. The zero-order valence-corrected chi connectivity index (χ0v) is 11.0. The van der Waals surface area contributed by atoms with Crippen molar-refractivity contribution in [2.24, 2.45) is 0 Å². The normalized spacial score (nSPS) is 18.7. The van der Waals surface area contributed by atoms with E-state index in [1.165, 1.54) is 0 Å². The van der Waals surface area contributed by atoms with Gasteiger partial charge in [-0.15, -0.1) is 0 Å². The molecule has 6 nitrogen and oxygen atoms in total. The molecule has 1 N–H and O–H groups in total. The molecule has 1 atom stereocenters. The summed E-state index contributed by atoms with van der Waals surface area (Å²) in [5, 5.41) is 2.96. The Balaban J connectivity index is 1.73. The van der Waals surface area contributed by atoms with Crippen LogP contribution in [-0.2, 0) is 4.74 Å². The Hall–Kier alpha value is -2.21. The zero-order chi connectivity index (χ0) is 13.8. The first-order valence-electron chi connectivity index (χ1n) is 6.67. The highest BCUT2D eigenvalue weighted by Crippen LogP contribution is 2.08. The third kappa shape index (κ3) is 2.85. The molecule has 0 spiro atoms. The van der Waals surface area contributed by atoms with Crippen molar-refractivity contribution in [3.05, 3.63) is 42.6 Å². The van der Waals surface area contributed by atoms with Crippen molar-refractivity contribution in [1.29, 1.82) is 0 Å². The first-order chi connectivity index (χ1) is 9.83. The number of aromatic nitrogens is 3. The summed E-state index contributed by atoms with van der Waals surface area (Å²) < 4.78 is 7.12. The molecule has 0 bridgehead atoms. The van der Waals surface area contributed by atoms with Gasteiger partial charge in [-0.3, -0.25) is 9.36 Å². The second kappa shape index (κ2) is 5.83. The Labute approximate surface area is 116 Å². The van der Waals surface area contributed by atoms with Gasteiger partial charge in [0.2, 0.25) is 0 Å². The molecular formula is C14H16N4O2. The molecule has 0 radical (unpaired) electrons. The number of pyridine rings is 1. The molecule has 3 rings (SSSR count). The van der Waals surface area contributed by atoms with Crippen LogP contribution in [0.2, 0.25) is 0 Å². The molecule has 1 saturated heterocycles. The maximum Gasteiger partial charge on any atom is 0.270 e. The van der Waals surface area contributed by atoms with Crippen molar-refractivity contribution >= 4 is 5.91 Å². The fraction of sp³-hybridized carbons (Fsp3) is 0.357. The summed E-state index contributed by atoms with van der Waals surface area (Å²) in [5.41, 5.74) is 0.404. The minimum Gasteiger partial charge on any atom is -0.379 e. The Kier molecular flexibility index (Phi) is 3.73. The number of nitrogens with zero attached hydrogens (tertiary/aromatic N) is 3. The van der Waals surface area contributed by atoms with Crippen molar-refractivity contribution in [2.75, 3.05) is 13.2 Å². The Morgan fingerprint density at radius 1 is 1.45 bits per heavy atom. The van der Waals surface area contributed by atoms with E-state index in [0.29, 0.717) is 18.1 Å². The van der Waals surface area contributed by atoms with E-state index >= 15 is 0 Å². The molecule has 1 unspecified atom stereocenters. The zero-order valence-electron chi connectivity index (χ0n) is 11.0. The first-order valence-corrected chi connectivity index (χ1v) is 6.67. The average molecular weight is 272 g/mol. The number of carbonyl (C=O) groups is 1. The standard InChI is InChI=1S/C14H16N4O2/c19-14(16-11-3-2-8-20-9-11)12-4-1-5-13(17-12)18-7-6-15-10-18/h1,4-7,10-11H,2-3,8-9H2,(H,16,19). The van der Waals surface area contributed by atoms with Crippen LogP contribution < -0.4 is 5.32 Å². The number of amides is 1. The Bertz CT molecular complexity index is 577. The van der Waals surface area contributed by atoms with Gasteiger partial charge >= 0.3 is 0 Å². The Morgan fingerprint density at radius 3 is 3.15 bits per heavy atom. The molecule has 1 fully saturated rings. The van der Waals surface area contributed by atoms with Gasteiger partial charge in [0.25, 0.3) is 5.91 Å². The smallest absolute Gasteiger partial charge is 0.270 e. The van der Waals surface area contributed by atoms with Crippen molar-refractivity contribution in [1.82, 2.24) is 19.9 Å². The fourth-order valence-electron chi connectivity index (χ4n) is 2.20. The van der Waals surface area contributed by atoms with Gasteiger partial charge in [-0.05, 0) is 25.0 Å². The van der Waals surface area contributed by atoms with E-state index in [1.54, 1.807) is 29.4 Å². The molecule has 0 aliphatic carbocycles. The van der Waals surface area contributed by atoms with Crippen molar-refractivity contribution in [3.8, 4) is 5.82 Å². The van der Waals surface area contributed by atoms with Crippen LogP contribution in [0.15, 0.2) is 36.9 Å². The van der Waals surface area contributed by atoms with Gasteiger partial charge in [-0.25, -0.2) is 9.97 Å². The van der Waals surface area contributed by atoms with Crippen molar-refractivity contribution in [2.45, 2.75) is 18.9 Å². The van der Waals surface area contributed by atoms with Crippen LogP contribution in [-0.4, -0.2) is 39.7 Å². The summed E-state index contributed by atoms with van der Waals surface area (Å²) in [4.78, 5) is 20.5. The van der Waals surface area contributed by atoms with Gasteiger partial charge in [-0.1, -0.05) is 6.07 Å². The summed E-state index contributed by atoms with van der Waals surface area (Å²) in [7, 11) is 0. The highest BCUT2D eigenvalue weighted by Gasteiger charge is 2.18. The maximum atomic E-state index is 12.2. The van der Waals surface area contributed by atoms with Gasteiger partial charge in [0.1, 0.15) is 17.8 Å². The van der Waals surface area contributed by atoms with E-state index in [1.807, 2.05) is 12.1 Å². The summed E-state index contributed by atoms with van der Waals surface area (Å²) in [5.74, 6) is 0.512. The lowest BCUT2D eigenvalue weighted by molar-refractivity contribution is 0.0622. The SMILES string of the molecule is O=C(NC1CCCOC1)c1cccc(-n2ccnc2)n1. The fourth-order valence-corrected chi connectivity index (χ4v) is 2.20. The van der Waals surface area contributed by atoms with Crippen molar-refractivity contribution < 1.29 is 9.53 Å². The second-order valence-corrected chi connectivity index (χ2v) is 4.74. The lowest BCUT2D eigenvalue weighted by atomic mass is 10.1. The number of hydrogen-bond acceptors (Lipinski definition) is 4. The predicted molar refractivity (Wildman–Crippen MR) is 72.7 cm³/mol. The minimum absolute atomic E-state index is 0.0787. The van der Waals surface area contributed by atoms with Crippen LogP contribution in [0.25, 0.3) is 5.82 Å². The topological polar surface area (TPSA) is 69.0 Å². The lowest BCUT2D eigenvalue weighted by Gasteiger charge is -2.22. The highest BCUT2D eigenvalue weighted by atomic mass is 16.5. The summed E-state index contributed by atoms with van der Waals surface area (Å²) >= 11 is 0. The predicted octanol–water partition coefficient (Wildman–Crippen LogP) is 1.18. The molecule has 2 aromatic rings. The largest absolute Gasteiger partial charge is 0.379 e. The third-order valence-corrected chi connectivity index (χ3v) is 3.23. The van der Waals surface area contributed by atoms with E-state index in [-0.39, 0.29) is 11.9 Å². The number of nitrogens with one attached hydrogen (secondary N) is 1.